The van der Waals surface area contributed by atoms with Crippen molar-refractivity contribution in [2.24, 2.45) is 5.73 Å². The lowest BCUT2D eigenvalue weighted by molar-refractivity contribution is -0.137. The molecule has 0 fully saturated rings. The van der Waals surface area contributed by atoms with Gasteiger partial charge in [0, 0.05) is 11.6 Å². The number of benzene rings is 1. The molecular weight excluding hydrogens is 289 g/mol. The number of hydrogen-bond acceptors (Lipinski definition) is 4. The molecular formula is C12H11F3N4O2. The Morgan fingerprint density at radius 2 is 2.19 bits per heavy atom. The van der Waals surface area contributed by atoms with Crippen molar-refractivity contribution in [3.8, 4) is 0 Å². The van der Waals surface area contributed by atoms with Crippen LogP contribution in [0.25, 0.3) is 0 Å². The van der Waals surface area contributed by atoms with E-state index in [0.717, 1.165) is 29.5 Å². The van der Waals surface area contributed by atoms with E-state index in [1.165, 1.54) is 0 Å². The number of hydrogen-bond donors (Lipinski definition) is 2. The van der Waals surface area contributed by atoms with Crippen LogP contribution in [-0.4, -0.2) is 31.9 Å². The molecule has 0 saturated heterocycles. The molecule has 1 heterocycles. The predicted octanol–water partition coefficient (Wildman–Crippen LogP) is 0.268. The number of rotatable bonds is 5. The number of nitrogens with zero attached hydrogens (tertiary/aromatic N) is 3. The molecule has 6 nitrogen and oxygen atoms in total. The molecule has 2 atom stereocenters. The van der Waals surface area contributed by atoms with Crippen molar-refractivity contribution in [2.45, 2.75) is 18.3 Å². The third-order valence-electron chi connectivity index (χ3n) is 2.94. The molecule has 0 aliphatic rings. The summed E-state index contributed by atoms with van der Waals surface area (Å²) in [5.74, 6) is -3.60. The lowest BCUT2D eigenvalue weighted by Crippen LogP contribution is -2.48. The van der Waals surface area contributed by atoms with Gasteiger partial charge in [0.15, 0.2) is 5.60 Å². The molecule has 2 rings (SSSR count). The third kappa shape index (κ3) is 2.87. The molecule has 2 aromatic rings. The molecule has 0 saturated carbocycles. The summed E-state index contributed by atoms with van der Waals surface area (Å²) >= 11 is 0. The van der Waals surface area contributed by atoms with Gasteiger partial charge >= 0.3 is 0 Å². The molecule has 1 amide bonds. The highest BCUT2D eigenvalue weighted by atomic mass is 19.1. The van der Waals surface area contributed by atoms with E-state index >= 15 is 0 Å². The number of aliphatic hydroxyl groups is 1. The average Bonchev–Trinajstić information content (AvgIpc) is 2.89. The Kier molecular flexibility index (Phi) is 3.94. The minimum atomic E-state index is -2.64. The fourth-order valence-corrected chi connectivity index (χ4v) is 1.94. The fraction of sp³-hybridized carbons (Fsp3) is 0.250. The van der Waals surface area contributed by atoms with E-state index in [1.807, 2.05) is 0 Å². The first-order valence-corrected chi connectivity index (χ1v) is 5.78. The first-order valence-electron chi connectivity index (χ1n) is 5.78. The minimum absolute atomic E-state index is 0.468. The number of primary amides is 1. The van der Waals surface area contributed by atoms with Crippen molar-refractivity contribution < 1.29 is 23.1 Å². The van der Waals surface area contributed by atoms with Gasteiger partial charge < -0.3 is 10.8 Å². The lowest BCUT2D eigenvalue weighted by atomic mass is 9.88. The van der Waals surface area contributed by atoms with Crippen molar-refractivity contribution >= 4 is 5.91 Å². The molecule has 1 aromatic heterocycles. The second kappa shape index (κ2) is 5.52. The molecule has 1 aromatic carbocycles. The summed E-state index contributed by atoms with van der Waals surface area (Å²) in [4.78, 5) is 14.7. The Bertz CT molecular complexity index is 650. The Morgan fingerprint density at radius 3 is 2.71 bits per heavy atom. The highest BCUT2D eigenvalue weighted by Crippen LogP contribution is 2.31. The minimum Gasteiger partial charge on any atom is -0.379 e. The Labute approximate surface area is 117 Å². The van der Waals surface area contributed by atoms with Crippen LogP contribution in [0.4, 0.5) is 13.2 Å². The summed E-state index contributed by atoms with van der Waals surface area (Å²) in [5, 5.41) is 14.1. The molecule has 0 radical (unpaired) electrons. The number of carbonyl (C=O) groups excluding carboxylic acids is 1. The van der Waals surface area contributed by atoms with Gasteiger partial charge in [0.05, 0.1) is 6.54 Å². The van der Waals surface area contributed by atoms with Crippen molar-refractivity contribution in [3.63, 3.8) is 0 Å². The van der Waals surface area contributed by atoms with Crippen molar-refractivity contribution in [1.29, 1.82) is 0 Å². The summed E-state index contributed by atoms with van der Waals surface area (Å²) < 4.78 is 41.9. The van der Waals surface area contributed by atoms with Crippen LogP contribution in [-0.2, 0) is 16.9 Å². The molecule has 9 heteroatoms. The number of alkyl halides is 1. The van der Waals surface area contributed by atoms with Gasteiger partial charge in [0.2, 0.25) is 6.17 Å². The number of halogens is 3. The zero-order chi connectivity index (χ0) is 15.6. The summed E-state index contributed by atoms with van der Waals surface area (Å²) in [6.07, 6.45) is -0.374. The third-order valence-corrected chi connectivity index (χ3v) is 2.94. The van der Waals surface area contributed by atoms with Gasteiger partial charge in [-0.25, -0.2) is 22.8 Å². The van der Waals surface area contributed by atoms with Crippen LogP contribution in [0.3, 0.4) is 0 Å². The Balaban J connectivity index is 2.51. The fourth-order valence-electron chi connectivity index (χ4n) is 1.94. The van der Waals surface area contributed by atoms with E-state index in [9.17, 15) is 23.1 Å². The van der Waals surface area contributed by atoms with Gasteiger partial charge in [-0.3, -0.25) is 4.79 Å². The maximum Gasteiger partial charge on any atom is 0.255 e. The summed E-state index contributed by atoms with van der Waals surface area (Å²) in [7, 11) is 0. The maximum absolute atomic E-state index is 14.1. The second-order valence-electron chi connectivity index (χ2n) is 4.41. The topological polar surface area (TPSA) is 94.0 Å². The first-order chi connectivity index (χ1) is 9.84. The van der Waals surface area contributed by atoms with Gasteiger partial charge in [-0.2, -0.15) is 5.10 Å². The van der Waals surface area contributed by atoms with E-state index in [0.29, 0.717) is 6.07 Å². The van der Waals surface area contributed by atoms with Gasteiger partial charge in [-0.15, -0.1) is 0 Å². The number of nitrogens with two attached hydrogens (primary N) is 1. The molecule has 2 unspecified atom stereocenters. The zero-order valence-corrected chi connectivity index (χ0v) is 10.6. The standard InChI is InChI=1S/C12H11F3N4O2/c13-7-1-2-8(9(14)3-7)12(21,10(15)11(16)20)4-19-6-17-5-18-19/h1-3,5-6,10,21H,4H2,(H2,16,20). The highest BCUT2D eigenvalue weighted by Gasteiger charge is 2.45. The van der Waals surface area contributed by atoms with Crippen LogP contribution in [0, 0.1) is 11.6 Å². The van der Waals surface area contributed by atoms with Crippen molar-refractivity contribution in [3.05, 3.63) is 48.1 Å². The van der Waals surface area contributed by atoms with Gasteiger partial charge in [-0.05, 0) is 6.07 Å². The summed E-state index contributed by atoms with van der Waals surface area (Å²) in [5.41, 5.74) is 1.61. The summed E-state index contributed by atoms with van der Waals surface area (Å²) in [6, 6.07) is 2.14. The van der Waals surface area contributed by atoms with Gasteiger partial charge in [-0.1, -0.05) is 6.07 Å². The molecule has 0 bridgehead atoms. The molecule has 112 valence electrons. The van der Waals surface area contributed by atoms with Crippen LogP contribution >= 0.6 is 0 Å². The quantitative estimate of drug-likeness (QED) is 0.828. The molecule has 0 spiro atoms. The lowest BCUT2D eigenvalue weighted by Gasteiger charge is -2.30. The smallest absolute Gasteiger partial charge is 0.255 e. The maximum atomic E-state index is 14.1. The largest absolute Gasteiger partial charge is 0.379 e. The van der Waals surface area contributed by atoms with Crippen LogP contribution in [0.1, 0.15) is 5.56 Å². The van der Waals surface area contributed by atoms with Crippen molar-refractivity contribution in [2.75, 3.05) is 0 Å². The van der Waals surface area contributed by atoms with Crippen LogP contribution in [0.15, 0.2) is 30.9 Å². The monoisotopic (exact) mass is 300 g/mol. The van der Waals surface area contributed by atoms with Gasteiger partial charge in [0.1, 0.15) is 24.3 Å². The van der Waals surface area contributed by atoms with Crippen LogP contribution in [0.5, 0.6) is 0 Å². The van der Waals surface area contributed by atoms with Gasteiger partial charge in [0.25, 0.3) is 5.91 Å². The average molecular weight is 300 g/mol. The normalized spacial score (nSPS) is 15.4. The highest BCUT2D eigenvalue weighted by molar-refractivity contribution is 5.80. The number of carbonyl (C=O) groups is 1. The second-order valence-corrected chi connectivity index (χ2v) is 4.41. The summed E-state index contributed by atoms with van der Waals surface area (Å²) in [6.45, 7) is -0.625. The predicted molar refractivity (Wildman–Crippen MR) is 64.4 cm³/mol. The Morgan fingerprint density at radius 1 is 1.48 bits per heavy atom. The van der Waals surface area contributed by atoms with E-state index in [1.54, 1.807) is 0 Å². The number of aromatic nitrogens is 3. The first kappa shape index (κ1) is 15.0. The SMILES string of the molecule is NC(=O)C(F)C(O)(Cn1cncn1)c1ccc(F)cc1F. The molecule has 21 heavy (non-hydrogen) atoms. The van der Waals surface area contributed by atoms with E-state index in [2.05, 4.69) is 10.1 Å². The van der Waals surface area contributed by atoms with Crippen LogP contribution < -0.4 is 5.73 Å². The zero-order valence-electron chi connectivity index (χ0n) is 10.6. The van der Waals surface area contributed by atoms with E-state index in [4.69, 9.17) is 5.73 Å². The molecule has 0 aliphatic heterocycles. The van der Waals surface area contributed by atoms with Crippen molar-refractivity contribution in [1.82, 2.24) is 14.8 Å². The van der Waals surface area contributed by atoms with E-state index < -0.39 is 41.4 Å². The Hall–Kier alpha value is -2.42. The molecule has 0 aliphatic carbocycles. The number of amides is 1. The van der Waals surface area contributed by atoms with E-state index in [-0.39, 0.29) is 0 Å². The molecule has 3 N–H and O–H groups in total. The van der Waals surface area contributed by atoms with Crippen LogP contribution in [0.2, 0.25) is 0 Å².